The third-order valence-electron chi connectivity index (χ3n) is 5.96. The highest BCUT2D eigenvalue weighted by Crippen LogP contribution is 2.23. The zero-order valence-electron chi connectivity index (χ0n) is 17.9. The maximum Gasteiger partial charge on any atom is 0.273 e. The van der Waals surface area contributed by atoms with Gasteiger partial charge in [0, 0.05) is 49.7 Å². The number of nitrogens with one attached hydrogen (secondary N) is 1. The Morgan fingerprint density at radius 3 is 2.34 bits per heavy atom. The average Bonchev–Trinajstić information content (AvgIpc) is 3.26. The molecular formula is C22H27Cl2N5O2S. The van der Waals surface area contributed by atoms with Crippen LogP contribution in [0.3, 0.4) is 0 Å². The number of benzene rings is 1. The van der Waals surface area contributed by atoms with Crippen LogP contribution in [0, 0.1) is 0 Å². The van der Waals surface area contributed by atoms with E-state index in [1.165, 1.54) is 49.8 Å². The standard InChI is InChI=1S/C22H27Cl2N5O2S/c23-16-4-5-17(18(24)14-16)20(30)26-22-25-19(15-32-22)21(31)29-12-10-28(11-13-29)9-8-27-6-2-1-3-7-27/h4-5,14-15H,1-3,6-13H2,(H,25,26,30). The second-order valence-electron chi connectivity index (χ2n) is 8.15. The van der Waals surface area contributed by atoms with Crippen molar-refractivity contribution in [2.45, 2.75) is 19.3 Å². The molecule has 2 fully saturated rings. The summed E-state index contributed by atoms with van der Waals surface area (Å²) < 4.78 is 0. The van der Waals surface area contributed by atoms with Crippen molar-refractivity contribution in [2.24, 2.45) is 0 Å². The van der Waals surface area contributed by atoms with E-state index in [4.69, 9.17) is 23.2 Å². The number of hydrogen-bond acceptors (Lipinski definition) is 6. The van der Waals surface area contributed by atoms with Gasteiger partial charge < -0.3 is 9.80 Å². The first-order valence-electron chi connectivity index (χ1n) is 11.0. The van der Waals surface area contributed by atoms with E-state index in [1.54, 1.807) is 17.5 Å². The van der Waals surface area contributed by atoms with Gasteiger partial charge in [-0.1, -0.05) is 29.6 Å². The van der Waals surface area contributed by atoms with Gasteiger partial charge in [-0.3, -0.25) is 19.8 Å². The minimum Gasteiger partial charge on any atom is -0.335 e. The quantitative estimate of drug-likeness (QED) is 0.656. The highest BCUT2D eigenvalue weighted by Gasteiger charge is 2.24. The minimum absolute atomic E-state index is 0.0954. The highest BCUT2D eigenvalue weighted by atomic mass is 35.5. The van der Waals surface area contributed by atoms with Crippen LogP contribution in [0.5, 0.6) is 0 Å². The number of aromatic nitrogens is 1. The van der Waals surface area contributed by atoms with Crippen molar-refractivity contribution in [3.63, 3.8) is 0 Å². The number of rotatable bonds is 6. The molecule has 4 rings (SSSR count). The number of halogens is 2. The Balaban J connectivity index is 1.26. The Morgan fingerprint density at radius 2 is 1.66 bits per heavy atom. The number of piperazine rings is 1. The summed E-state index contributed by atoms with van der Waals surface area (Å²) in [4.78, 5) is 36.5. The van der Waals surface area contributed by atoms with E-state index in [1.807, 2.05) is 4.90 Å². The molecule has 1 aromatic carbocycles. The number of carbonyl (C=O) groups excluding carboxylic acids is 2. The smallest absolute Gasteiger partial charge is 0.273 e. The molecule has 0 unspecified atom stereocenters. The molecule has 2 aliphatic rings. The normalized spacial score (nSPS) is 18.0. The van der Waals surface area contributed by atoms with Crippen molar-refractivity contribution in [1.82, 2.24) is 19.7 Å². The molecule has 0 radical (unpaired) electrons. The van der Waals surface area contributed by atoms with Crippen LogP contribution in [0.2, 0.25) is 10.0 Å². The topological polar surface area (TPSA) is 68.8 Å². The first-order chi connectivity index (χ1) is 15.5. The van der Waals surface area contributed by atoms with Gasteiger partial charge in [0.05, 0.1) is 10.6 Å². The molecular weight excluding hydrogens is 469 g/mol. The molecule has 1 N–H and O–H groups in total. The van der Waals surface area contributed by atoms with Crippen molar-refractivity contribution in [3.8, 4) is 0 Å². The molecule has 0 spiro atoms. The van der Waals surface area contributed by atoms with E-state index in [2.05, 4.69) is 20.1 Å². The van der Waals surface area contributed by atoms with Crippen molar-refractivity contribution in [2.75, 3.05) is 57.7 Å². The van der Waals surface area contributed by atoms with Crippen LogP contribution >= 0.6 is 34.5 Å². The summed E-state index contributed by atoms with van der Waals surface area (Å²) in [6.45, 7) is 7.74. The molecule has 0 saturated carbocycles. The third kappa shape index (κ3) is 5.99. The molecule has 0 bridgehead atoms. The Bertz CT molecular complexity index is 956. The van der Waals surface area contributed by atoms with Gasteiger partial charge in [-0.05, 0) is 44.1 Å². The average molecular weight is 496 g/mol. The summed E-state index contributed by atoms with van der Waals surface area (Å²) in [7, 11) is 0. The predicted molar refractivity (Wildman–Crippen MR) is 129 cm³/mol. The molecule has 2 saturated heterocycles. The van der Waals surface area contributed by atoms with E-state index in [0.717, 1.165) is 26.2 Å². The first-order valence-corrected chi connectivity index (χ1v) is 12.6. The van der Waals surface area contributed by atoms with Crippen LogP contribution in [0.25, 0.3) is 0 Å². The number of hydrogen-bond donors (Lipinski definition) is 1. The largest absolute Gasteiger partial charge is 0.335 e. The van der Waals surface area contributed by atoms with Gasteiger partial charge >= 0.3 is 0 Å². The lowest BCUT2D eigenvalue weighted by atomic mass is 10.1. The van der Waals surface area contributed by atoms with Crippen molar-refractivity contribution in [1.29, 1.82) is 0 Å². The highest BCUT2D eigenvalue weighted by molar-refractivity contribution is 7.14. The van der Waals surface area contributed by atoms with Gasteiger partial charge in [0.15, 0.2) is 5.13 Å². The van der Waals surface area contributed by atoms with E-state index in [0.29, 0.717) is 34.5 Å². The molecule has 32 heavy (non-hydrogen) atoms. The van der Waals surface area contributed by atoms with Gasteiger partial charge in [0.2, 0.25) is 0 Å². The lowest BCUT2D eigenvalue weighted by Gasteiger charge is -2.36. The third-order valence-corrected chi connectivity index (χ3v) is 7.27. The Hall–Kier alpha value is -1.71. The lowest BCUT2D eigenvalue weighted by Crippen LogP contribution is -2.50. The summed E-state index contributed by atoms with van der Waals surface area (Å²) >= 11 is 13.2. The molecule has 2 amide bonds. The summed E-state index contributed by atoms with van der Waals surface area (Å²) in [6, 6.07) is 4.68. The van der Waals surface area contributed by atoms with Crippen LogP contribution in [0.15, 0.2) is 23.6 Å². The Kier molecular flexibility index (Phi) is 8.02. The lowest BCUT2D eigenvalue weighted by molar-refractivity contribution is 0.0614. The van der Waals surface area contributed by atoms with Gasteiger partial charge in [-0.15, -0.1) is 11.3 Å². The van der Waals surface area contributed by atoms with Crippen molar-refractivity contribution >= 4 is 51.5 Å². The molecule has 1 aromatic heterocycles. The monoisotopic (exact) mass is 495 g/mol. The van der Waals surface area contributed by atoms with E-state index < -0.39 is 0 Å². The van der Waals surface area contributed by atoms with Crippen LogP contribution in [0.4, 0.5) is 5.13 Å². The summed E-state index contributed by atoms with van der Waals surface area (Å²) in [5, 5.41) is 5.48. The molecule has 0 aliphatic carbocycles. The number of carbonyl (C=O) groups is 2. The zero-order valence-corrected chi connectivity index (χ0v) is 20.2. The van der Waals surface area contributed by atoms with Crippen LogP contribution in [-0.4, -0.2) is 83.9 Å². The number of nitrogens with zero attached hydrogens (tertiary/aromatic N) is 4. The van der Waals surface area contributed by atoms with Gasteiger partial charge in [-0.2, -0.15) is 0 Å². The predicted octanol–water partition coefficient (Wildman–Crippen LogP) is 3.95. The molecule has 3 heterocycles. The van der Waals surface area contributed by atoms with Gasteiger partial charge in [0.1, 0.15) is 5.69 Å². The fraction of sp³-hybridized carbons (Fsp3) is 0.500. The van der Waals surface area contributed by atoms with Gasteiger partial charge in [0.25, 0.3) is 11.8 Å². The summed E-state index contributed by atoms with van der Waals surface area (Å²) in [5.41, 5.74) is 0.661. The fourth-order valence-electron chi connectivity index (χ4n) is 4.07. The maximum atomic E-state index is 12.9. The SMILES string of the molecule is O=C(Nc1nc(C(=O)N2CCN(CCN3CCCCC3)CC2)cs1)c1ccc(Cl)cc1Cl. The van der Waals surface area contributed by atoms with E-state index >= 15 is 0 Å². The number of piperidine rings is 1. The summed E-state index contributed by atoms with van der Waals surface area (Å²) in [6.07, 6.45) is 3.98. The number of likely N-dealkylation sites (tertiary alicyclic amines) is 1. The van der Waals surface area contributed by atoms with Gasteiger partial charge in [-0.25, -0.2) is 4.98 Å². The second-order valence-corrected chi connectivity index (χ2v) is 9.85. The van der Waals surface area contributed by atoms with Crippen LogP contribution in [0.1, 0.15) is 40.1 Å². The van der Waals surface area contributed by atoms with E-state index in [-0.39, 0.29) is 16.8 Å². The number of anilines is 1. The Morgan fingerprint density at radius 1 is 0.969 bits per heavy atom. The maximum absolute atomic E-state index is 12.9. The van der Waals surface area contributed by atoms with Crippen molar-refractivity contribution < 1.29 is 9.59 Å². The van der Waals surface area contributed by atoms with Crippen molar-refractivity contribution in [3.05, 3.63) is 44.9 Å². The second kappa shape index (κ2) is 10.9. The van der Waals surface area contributed by atoms with Crippen LogP contribution in [-0.2, 0) is 0 Å². The number of amides is 2. The Labute approximate surface area is 202 Å². The molecule has 172 valence electrons. The zero-order chi connectivity index (χ0) is 22.5. The van der Waals surface area contributed by atoms with E-state index in [9.17, 15) is 9.59 Å². The number of thiazole rings is 1. The molecule has 10 heteroatoms. The first kappa shape index (κ1) is 23.4. The molecule has 0 atom stereocenters. The fourth-order valence-corrected chi connectivity index (χ4v) is 5.24. The van der Waals surface area contributed by atoms with Crippen LogP contribution < -0.4 is 5.32 Å². The summed E-state index contributed by atoms with van der Waals surface area (Å²) in [5.74, 6) is -0.482. The minimum atomic E-state index is -0.387. The molecule has 2 aliphatic heterocycles. The molecule has 2 aromatic rings. The molecule has 7 nitrogen and oxygen atoms in total.